The van der Waals surface area contributed by atoms with Gasteiger partial charge in [-0.15, -0.1) is 0 Å². The van der Waals surface area contributed by atoms with Crippen LogP contribution in [0.1, 0.15) is 0 Å². The van der Waals surface area contributed by atoms with Crippen LogP contribution in [-0.2, 0) is 0 Å². The Morgan fingerprint density at radius 1 is 0.560 bits per heavy atom. The highest BCUT2D eigenvalue weighted by atomic mass is 19.1. The van der Waals surface area contributed by atoms with Crippen molar-refractivity contribution in [1.29, 1.82) is 0 Å². The van der Waals surface area contributed by atoms with E-state index >= 15 is 0 Å². The molecule has 0 N–H and O–H groups in total. The van der Waals surface area contributed by atoms with Crippen molar-refractivity contribution in [3.8, 4) is 0 Å². The molecule has 3 aromatic rings. The van der Waals surface area contributed by atoms with E-state index in [1.165, 1.54) is 24.3 Å². The average molecular weight is 337 g/mol. The molecule has 0 aliphatic carbocycles. The van der Waals surface area contributed by atoms with Crippen molar-refractivity contribution in [2.75, 3.05) is 28.3 Å². The first-order chi connectivity index (χ1) is 12.2. The minimum Gasteiger partial charge on any atom is -0.332 e. The van der Waals surface area contributed by atoms with E-state index in [-0.39, 0.29) is 11.6 Å². The minimum atomic E-state index is -0.296. The highest BCUT2D eigenvalue weighted by molar-refractivity contribution is 5.64. The molecule has 1 fully saturated rings. The number of nitrogens with zero attached hydrogens (tertiary/aromatic N) is 3. The number of benzene rings is 3. The average Bonchev–Trinajstić information content (AvgIpc) is 3.08. The monoisotopic (exact) mass is 337 g/mol. The number of para-hydroxylation sites is 1. The third kappa shape index (κ3) is 3.13. The van der Waals surface area contributed by atoms with Gasteiger partial charge in [-0.2, -0.15) is 0 Å². The lowest BCUT2D eigenvalue weighted by Crippen LogP contribution is -2.36. The molecular weight excluding hydrogens is 320 g/mol. The van der Waals surface area contributed by atoms with Gasteiger partial charge in [-0.25, -0.2) is 8.78 Å². The molecule has 126 valence electrons. The number of anilines is 3. The lowest BCUT2D eigenvalue weighted by Gasteiger charge is -2.29. The summed E-state index contributed by atoms with van der Waals surface area (Å²) in [5.41, 5.74) is 2.51. The van der Waals surface area contributed by atoms with Gasteiger partial charge >= 0.3 is 0 Å². The van der Waals surface area contributed by atoms with E-state index < -0.39 is 0 Å². The largest absolute Gasteiger partial charge is 0.332 e. The molecule has 3 nitrogen and oxygen atoms in total. The second kappa shape index (κ2) is 6.43. The topological polar surface area (TPSA) is 9.72 Å². The predicted molar refractivity (Wildman–Crippen MR) is 96.4 cm³/mol. The van der Waals surface area contributed by atoms with Crippen LogP contribution in [0.4, 0.5) is 25.8 Å². The molecule has 1 saturated heterocycles. The Hall–Kier alpha value is -3.08. The molecular formula is C20H17F2N3. The predicted octanol–water partition coefficient (Wildman–Crippen LogP) is 4.63. The van der Waals surface area contributed by atoms with Crippen LogP contribution >= 0.6 is 0 Å². The second-order valence-corrected chi connectivity index (χ2v) is 5.92. The molecule has 4 rings (SSSR count). The number of hydrazine groups is 1. The Bertz CT molecular complexity index is 816. The van der Waals surface area contributed by atoms with Crippen LogP contribution < -0.4 is 14.9 Å². The van der Waals surface area contributed by atoms with Gasteiger partial charge in [-0.1, -0.05) is 30.3 Å². The zero-order chi connectivity index (χ0) is 17.2. The molecule has 0 bridgehead atoms. The zero-order valence-electron chi connectivity index (χ0n) is 13.5. The Morgan fingerprint density at radius 2 is 1.04 bits per heavy atom. The van der Waals surface area contributed by atoms with Crippen molar-refractivity contribution < 1.29 is 8.78 Å². The highest BCUT2D eigenvalue weighted by Gasteiger charge is 2.29. The SMILES string of the molecule is Fc1cccc(N2CN(c3ccccc3)CN2c2cccc(F)c2)c1. The summed E-state index contributed by atoms with van der Waals surface area (Å²) in [6, 6.07) is 22.8. The summed E-state index contributed by atoms with van der Waals surface area (Å²) in [4.78, 5) is 2.15. The molecule has 0 atom stereocenters. The molecule has 0 saturated carbocycles. The van der Waals surface area contributed by atoms with E-state index in [1.54, 1.807) is 12.1 Å². The van der Waals surface area contributed by atoms with E-state index in [0.717, 1.165) is 17.1 Å². The van der Waals surface area contributed by atoms with Crippen molar-refractivity contribution in [3.05, 3.63) is 90.5 Å². The van der Waals surface area contributed by atoms with Crippen LogP contribution in [0.2, 0.25) is 0 Å². The quantitative estimate of drug-likeness (QED) is 0.690. The molecule has 3 aromatic carbocycles. The Kier molecular flexibility index (Phi) is 3.98. The van der Waals surface area contributed by atoms with Gasteiger partial charge in [0, 0.05) is 5.69 Å². The summed E-state index contributed by atoms with van der Waals surface area (Å²) in [5.74, 6) is -0.593. The van der Waals surface area contributed by atoms with Gasteiger partial charge in [0.2, 0.25) is 0 Å². The van der Waals surface area contributed by atoms with Crippen LogP contribution in [0.15, 0.2) is 78.9 Å². The first-order valence-electron chi connectivity index (χ1n) is 8.07. The van der Waals surface area contributed by atoms with Crippen LogP contribution in [0.25, 0.3) is 0 Å². The maximum Gasteiger partial charge on any atom is 0.125 e. The van der Waals surface area contributed by atoms with Crippen molar-refractivity contribution in [3.63, 3.8) is 0 Å². The van der Waals surface area contributed by atoms with Gasteiger partial charge in [-0.05, 0) is 48.5 Å². The van der Waals surface area contributed by atoms with Crippen molar-refractivity contribution >= 4 is 17.1 Å². The molecule has 1 heterocycles. The van der Waals surface area contributed by atoms with Gasteiger partial charge < -0.3 is 4.90 Å². The van der Waals surface area contributed by atoms with Gasteiger partial charge in [0.05, 0.1) is 11.4 Å². The number of hydrogen-bond acceptors (Lipinski definition) is 3. The molecule has 0 radical (unpaired) electrons. The van der Waals surface area contributed by atoms with Crippen molar-refractivity contribution in [1.82, 2.24) is 0 Å². The standard InChI is InChI=1S/C20H17F2N3/c21-16-6-4-10-19(12-16)24-14-23(18-8-2-1-3-9-18)15-25(24)20-11-5-7-17(22)13-20/h1-13H,14-15H2. The number of rotatable bonds is 3. The third-order valence-electron chi connectivity index (χ3n) is 4.23. The van der Waals surface area contributed by atoms with E-state index in [1.807, 2.05) is 52.5 Å². The molecule has 0 amide bonds. The Morgan fingerprint density at radius 3 is 1.52 bits per heavy atom. The van der Waals surface area contributed by atoms with Crippen LogP contribution in [0, 0.1) is 11.6 Å². The smallest absolute Gasteiger partial charge is 0.125 e. The fourth-order valence-electron chi connectivity index (χ4n) is 3.04. The van der Waals surface area contributed by atoms with E-state index in [9.17, 15) is 8.78 Å². The van der Waals surface area contributed by atoms with E-state index in [4.69, 9.17) is 0 Å². The van der Waals surface area contributed by atoms with E-state index in [0.29, 0.717) is 13.3 Å². The summed E-state index contributed by atoms with van der Waals surface area (Å²) in [6.07, 6.45) is 0. The van der Waals surface area contributed by atoms with Crippen molar-refractivity contribution in [2.24, 2.45) is 0 Å². The van der Waals surface area contributed by atoms with Gasteiger partial charge in [-0.3, -0.25) is 10.0 Å². The second-order valence-electron chi connectivity index (χ2n) is 5.92. The summed E-state index contributed by atoms with van der Waals surface area (Å²) < 4.78 is 27.4. The molecule has 0 spiro atoms. The lowest BCUT2D eigenvalue weighted by molar-refractivity contribution is 0.625. The Balaban J connectivity index is 1.73. The molecule has 0 aromatic heterocycles. The first kappa shape index (κ1) is 15.4. The van der Waals surface area contributed by atoms with Crippen LogP contribution in [-0.4, -0.2) is 13.3 Å². The third-order valence-corrected chi connectivity index (χ3v) is 4.23. The molecule has 1 aliphatic heterocycles. The minimum absolute atomic E-state index is 0.296. The fourth-order valence-corrected chi connectivity index (χ4v) is 3.04. The van der Waals surface area contributed by atoms with E-state index in [2.05, 4.69) is 4.90 Å². The fraction of sp³-hybridized carbons (Fsp3) is 0.100. The first-order valence-corrected chi connectivity index (χ1v) is 8.07. The molecule has 1 aliphatic rings. The summed E-state index contributed by atoms with van der Waals surface area (Å²) in [5, 5.41) is 3.90. The lowest BCUT2D eigenvalue weighted by atomic mass is 10.3. The molecule has 25 heavy (non-hydrogen) atoms. The number of hydrogen-bond donors (Lipinski definition) is 0. The highest BCUT2D eigenvalue weighted by Crippen LogP contribution is 2.30. The molecule has 5 heteroatoms. The van der Waals surface area contributed by atoms with Crippen LogP contribution in [0.5, 0.6) is 0 Å². The zero-order valence-corrected chi connectivity index (χ0v) is 13.5. The maximum atomic E-state index is 13.7. The van der Waals surface area contributed by atoms with Gasteiger partial charge in [0.1, 0.15) is 25.0 Å². The van der Waals surface area contributed by atoms with Crippen molar-refractivity contribution in [2.45, 2.75) is 0 Å². The summed E-state index contributed by atoms with van der Waals surface area (Å²) in [6.45, 7) is 1.09. The normalized spacial score (nSPS) is 14.2. The molecule has 0 unspecified atom stereocenters. The summed E-state index contributed by atoms with van der Waals surface area (Å²) >= 11 is 0. The van der Waals surface area contributed by atoms with Gasteiger partial charge in [0.15, 0.2) is 0 Å². The number of halogens is 2. The Labute approximate surface area is 145 Å². The summed E-state index contributed by atoms with van der Waals surface area (Å²) in [7, 11) is 0. The van der Waals surface area contributed by atoms with Gasteiger partial charge in [0.25, 0.3) is 0 Å². The maximum absolute atomic E-state index is 13.7. The van der Waals surface area contributed by atoms with Crippen LogP contribution in [0.3, 0.4) is 0 Å².